The van der Waals surface area contributed by atoms with E-state index in [1.807, 2.05) is 62.4 Å². The lowest BCUT2D eigenvalue weighted by Crippen LogP contribution is -2.15. The molecule has 0 aliphatic heterocycles. The number of ether oxygens (including phenoxy) is 4. The molecule has 6 aromatic heterocycles. The predicted molar refractivity (Wildman–Crippen MR) is 372 cm³/mol. The molecule has 512 valence electrons. The standard InChI is InChI=1S/C22H19N3O4.C13H11N3O4.C13H11N3O.C9H9ClO3.C8H7NO4.C5H6N2O/c1-13-6-8-16(15(11-13)22-25-20-18(29-22)5-4-10-23-20)24-21(26)14-7-9-17(27-2)19(12-14)28-3;1-8-4-5-10(16(19)20)9(7-8)13(18)15-12-11(17)3-2-6-14-12;1-8-4-5-10(14)9(7-8)13-16-12-11(17-13)3-2-6-15-12;1-12-7-4-3-6(9(10)11)5-8(7)13-2;1-5-2-3-7(9(12)13)6(4-5)8(10)11;6-5-4(8)2-1-3-7-5/h4-12H,1-3H3,(H,24,26);2-7,17H,1H3,(H,14,15,18);2-7H,14H2,1H3;3-5H,1-2H3;2-4H,1H3,(H,10,11);1-3,8H,(H2,6,7). The Labute approximate surface area is 573 Å². The summed E-state index contributed by atoms with van der Waals surface area (Å²) in [6.07, 6.45) is 6.26. The lowest BCUT2D eigenvalue weighted by atomic mass is 10.1. The van der Waals surface area contributed by atoms with Gasteiger partial charge in [0.2, 0.25) is 11.8 Å². The highest BCUT2D eigenvalue weighted by Crippen LogP contribution is 2.34. The average molecular weight is 1380 g/mol. The summed E-state index contributed by atoms with van der Waals surface area (Å²) in [7, 11) is 6.10. The second-order valence-electron chi connectivity index (χ2n) is 20.8. The Hall–Kier alpha value is -13.6. The number of aromatic hydroxyl groups is 2. The third-order valence-corrected chi connectivity index (χ3v) is 13.9. The number of nitrogens with zero attached hydrogens (tertiary/aromatic N) is 8. The van der Waals surface area contributed by atoms with Crippen molar-refractivity contribution in [3.05, 3.63) is 247 Å². The maximum Gasteiger partial charge on any atom is 0.342 e. The van der Waals surface area contributed by atoms with Gasteiger partial charge in [-0.05, 0) is 172 Å². The van der Waals surface area contributed by atoms with Crippen LogP contribution in [0.4, 0.5) is 34.4 Å². The molecule has 0 unspecified atom stereocenters. The molecule has 12 aromatic rings. The molecule has 0 bridgehead atoms. The molecule has 9 N–H and O–H groups in total. The molecule has 6 heterocycles. The van der Waals surface area contributed by atoms with E-state index >= 15 is 0 Å². The fourth-order valence-corrected chi connectivity index (χ4v) is 8.86. The minimum atomic E-state index is -1.28. The molecular formula is C70H63ClN12O17. The van der Waals surface area contributed by atoms with E-state index in [-0.39, 0.29) is 51.5 Å². The molecule has 2 amide bonds. The van der Waals surface area contributed by atoms with Crippen molar-refractivity contribution in [3.8, 4) is 57.4 Å². The van der Waals surface area contributed by atoms with Gasteiger partial charge in [0.05, 0.1) is 55.1 Å². The largest absolute Gasteiger partial charge is 0.504 e. The summed E-state index contributed by atoms with van der Waals surface area (Å²) in [4.78, 5) is 90.8. The lowest BCUT2D eigenvalue weighted by Gasteiger charge is -2.12. The van der Waals surface area contributed by atoms with Crippen molar-refractivity contribution in [1.29, 1.82) is 0 Å². The summed E-state index contributed by atoms with van der Waals surface area (Å²) in [5.41, 5.74) is 19.5. The van der Waals surface area contributed by atoms with E-state index in [0.29, 0.717) is 96.4 Å². The number of halogens is 1. The fraction of sp³-hybridized carbons (Fsp3) is 0.114. The number of aromatic carboxylic acids is 1. The van der Waals surface area contributed by atoms with E-state index in [2.05, 4.69) is 40.5 Å². The number of oxazole rings is 2. The van der Waals surface area contributed by atoms with Crippen molar-refractivity contribution in [2.75, 3.05) is 50.5 Å². The van der Waals surface area contributed by atoms with Crippen LogP contribution in [0.3, 0.4) is 0 Å². The highest BCUT2D eigenvalue weighted by molar-refractivity contribution is 6.67. The molecule has 0 spiro atoms. The van der Waals surface area contributed by atoms with Crippen LogP contribution in [0.2, 0.25) is 0 Å². The zero-order chi connectivity index (χ0) is 72.7. The first-order chi connectivity index (χ1) is 47.8. The second-order valence-corrected chi connectivity index (χ2v) is 21.1. The monoisotopic (exact) mass is 1380 g/mol. The third kappa shape index (κ3) is 19.8. The van der Waals surface area contributed by atoms with E-state index in [4.69, 9.17) is 61.1 Å². The van der Waals surface area contributed by atoms with Crippen molar-refractivity contribution in [3.63, 3.8) is 0 Å². The number of aryl methyl sites for hydroxylation is 4. The molecule has 0 aliphatic carbocycles. The van der Waals surface area contributed by atoms with E-state index < -0.39 is 27.0 Å². The molecule has 30 heteroatoms. The van der Waals surface area contributed by atoms with Gasteiger partial charge in [0.1, 0.15) is 11.1 Å². The quantitative estimate of drug-likeness (QED) is 0.0230. The number of benzene rings is 6. The van der Waals surface area contributed by atoms with Crippen LogP contribution >= 0.6 is 11.6 Å². The molecule has 0 atom stereocenters. The summed E-state index contributed by atoms with van der Waals surface area (Å²) in [6.45, 7) is 7.36. The van der Waals surface area contributed by atoms with Crippen molar-refractivity contribution in [2.45, 2.75) is 27.7 Å². The Morgan fingerprint density at radius 2 is 0.950 bits per heavy atom. The number of hydrogen-bond acceptors (Lipinski definition) is 24. The molecule has 0 saturated carbocycles. The number of aromatic nitrogens is 6. The Kier molecular flexibility index (Phi) is 25.6. The average Bonchev–Trinajstić information content (AvgIpc) is 1.68. The van der Waals surface area contributed by atoms with Crippen LogP contribution in [-0.2, 0) is 0 Å². The number of methoxy groups -OCH3 is 4. The molecule has 0 aliphatic rings. The third-order valence-electron chi connectivity index (χ3n) is 13.7. The Morgan fingerprint density at radius 3 is 1.44 bits per heavy atom. The number of rotatable bonds is 14. The van der Waals surface area contributed by atoms with Crippen molar-refractivity contribution >= 4 is 91.5 Å². The minimum absolute atomic E-state index is 0.0347. The van der Waals surface area contributed by atoms with Gasteiger partial charge >= 0.3 is 5.97 Å². The van der Waals surface area contributed by atoms with Crippen LogP contribution in [0.15, 0.2) is 191 Å². The topological polar surface area (TPSA) is 432 Å². The Balaban J connectivity index is 0.000000176. The maximum atomic E-state index is 12.9. The Morgan fingerprint density at radius 1 is 0.500 bits per heavy atom. The fourth-order valence-electron chi connectivity index (χ4n) is 8.75. The highest BCUT2D eigenvalue weighted by Gasteiger charge is 2.23. The van der Waals surface area contributed by atoms with E-state index in [1.54, 1.807) is 87.9 Å². The number of carbonyl (C=O) groups excluding carboxylic acids is 3. The molecule has 100 heavy (non-hydrogen) atoms. The van der Waals surface area contributed by atoms with Crippen LogP contribution in [0, 0.1) is 47.9 Å². The number of anilines is 4. The van der Waals surface area contributed by atoms with Gasteiger partial charge in [-0.3, -0.25) is 34.6 Å². The molecule has 0 radical (unpaired) electrons. The number of hydrogen-bond donors (Lipinski definition) is 7. The van der Waals surface area contributed by atoms with Gasteiger partial charge in [-0.2, -0.15) is 9.97 Å². The van der Waals surface area contributed by atoms with E-state index in [0.717, 1.165) is 16.7 Å². The number of carbonyl (C=O) groups is 4. The number of amides is 2. The number of pyridine rings is 4. The molecule has 0 saturated heterocycles. The summed E-state index contributed by atoms with van der Waals surface area (Å²) >= 11 is 5.29. The summed E-state index contributed by atoms with van der Waals surface area (Å²) in [5.74, 6) is 0.691. The molecule has 29 nitrogen and oxygen atoms in total. The van der Waals surface area contributed by atoms with Gasteiger partial charge in [-0.1, -0.05) is 35.4 Å². The maximum absolute atomic E-state index is 12.9. The number of nitrogen functional groups attached to an aromatic ring is 2. The second kappa shape index (κ2) is 34.7. The van der Waals surface area contributed by atoms with Gasteiger partial charge < -0.3 is 65.2 Å². The van der Waals surface area contributed by atoms with Crippen LogP contribution < -0.4 is 41.0 Å². The number of carboxylic acids is 1. The normalized spacial score (nSPS) is 10.2. The number of nitro benzene ring substituents is 2. The highest BCUT2D eigenvalue weighted by atomic mass is 35.5. The first-order valence-corrected chi connectivity index (χ1v) is 29.6. The van der Waals surface area contributed by atoms with Crippen molar-refractivity contribution < 1.29 is 72.1 Å². The number of nitrogens with two attached hydrogens (primary N) is 2. The van der Waals surface area contributed by atoms with E-state index in [9.17, 15) is 44.5 Å². The molecular weight excluding hydrogens is 1320 g/mol. The van der Waals surface area contributed by atoms with Crippen LogP contribution in [0.1, 0.15) is 63.7 Å². The smallest absolute Gasteiger partial charge is 0.342 e. The SMILES string of the molecule is COc1ccc(C(=O)Cl)cc1OC.COc1ccc(C(=O)Nc2ccc(C)cc2-c2nc3ncccc3o2)cc1OC.Cc1ccc(N)c(-c2nc3ncccc3o2)c1.Cc1ccc([N+](=O)[O-])c(C(=O)Nc2ncccc2O)c1.Cc1ccc([N+](=O)[O-])c(C(=O)O)c1.Nc1ncccc1O. The summed E-state index contributed by atoms with van der Waals surface area (Å²) in [5, 5.41) is 53.0. The van der Waals surface area contributed by atoms with Gasteiger partial charge in [-0.15, -0.1) is 0 Å². The number of nitro groups is 2. The number of fused-ring (bicyclic) bond motifs is 2. The van der Waals surface area contributed by atoms with Gasteiger partial charge in [-0.25, -0.2) is 24.7 Å². The summed E-state index contributed by atoms with van der Waals surface area (Å²) < 4.78 is 32.0. The Bertz CT molecular complexity index is 4860. The lowest BCUT2D eigenvalue weighted by molar-refractivity contribution is -0.385. The zero-order valence-corrected chi connectivity index (χ0v) is 55.2. The van der Waals surface area contributed by atoms with Crippen molar-refractivity contribution in [2.24, 2.45) is 0 Å². The van der Waals surface area contributed by atoms with Crippen molar-refractivity contribution in [1.82, 2.24) is 29.9 Å². The molecule has 12 rings (SSSR count). The first-order valence-electron chi connectivity index (χ1n) is 29.3. The first kappa shape index (κ1) is 73.8. The van der Waals surface area contributed by atoms with Gasteiger partial charge in [0, 0.05) is 53.7 Å². The molecule has 6 aromatic carbocycles. The van der Waals surface area contributed by atoms with Crippen LogP contribution in [0.25, 0.3) is 45.4 Å². The van der Waals surface area contributed by atoms with Crippen LogP contribution in [-0.4, -0.2) is 107 Å². The zero-order valence-electron chi connectivity index (χ0n) is 54.5. The van der Waals surface area contributed by atoms with Gasteiger partial charge in [0.25, 0.3) is 28.4 Å². The van der Waals surface area contributed by atoms with Gasteiger partial charge in [0.15, 0.2) is 68.6 Å². The number of carboxylic acid groups (broad SMARTS) is 1. The minimum Gasteiger partial charge on any atom is -0.504 e. The summed E-state index contributed by atoms with van der Waals surface area (Å²) in [6, 6.07) is 42.6. The predicted octanol–water partition coefficient (Wildman–Crippen LogP) is 13.6. The molecule has 0 fully saturated rings. The van der Waals surface area contributed by atoms with Crippen LogP contribution in [0.5, 0.6) is 34.5 Å². The van der Waals surface area contributed by atoms with E-state index in [1.165, 1.54) is 88.3 Å². The number of nitrogens with one attached hydrogen (secondary N) is 2.